The molecular weight excluding hydrogens is 230 g/mol. The van der Waals surface area contributed by atoms with Crippen molar-refractivity contribution in [2.24, 2.45) is 11.8 Å². The summed E-state index contributed by atoms with van der Waals surface area (Å²) in [7, 11) is 0. The highest BCUT2D eigenvalue weighted by atomic mass is 16.4. The van der Waals surface area contributed by atoms with E-state index in [9.17, 15) is 9.59 Å². The first-order valence-electron chi connectivity index (χ1n) is 7.09. The molecule has 1 aliphatic rings. The van der Waals surface area contributed by atoms with Gasteiger partial charge in [-0.05, 0) is 38.0 Å². The van der Waals surface area contributed by atoms with E-state index in [1.807, 2.05) is 6.92 Å². The van der Waals surface area contributed by atoms with Crippen LogP contribution >= 0.6 is 0 Å². The molecule has 1 N–H and O–H groups in total. The van der Waals surface area contributed by atoms with Crippen molar-refractivity contribution < 1.29 is 14.7 Å². The SMILES string of the molecule is CCCN(CC(=O)O)C(=O)C1CCC(CC)CC1. The Bertz CT molecular complexity index is 283. The summed E-state index contributed by atoms with van der Waals surface area (Å²) in [6.45, 7) is 4.57. The smallest absolute Gasteiger partial charge is 0.323 e. The zero-order valence-electron chi connectivity index (χ0n) is 11.5. The highest BCUT2D eigenvalue weighted by Crippen LogP contribution is 2.31. The topological polar surface area (TPSA) is 57.6 Å². The van der Waals surface area contributed by atoms with E-state index in [1.165, 1.54) is 11.3 Å². The zero-order chi connectivity index (χ0) is 13.5. The van der Waals surface area contributed by atoms with Gasteiger partial charge >= 0.3 is 5.97 Å². The van der Waals surface area contributed by atoms with E-state index in [0.29, 0.717) is 6.54 Å². The number of hydrogen-bond donors (Lipinski definition) is 1. The molecule has 4 nitrogen and oxygen atoms in total. The molecule has 104 valence electrons. The van der Waals surface area contributed by atoms with E-state index < -0.39 is 5.97 Å². The molecular formula is C14H25NO3. The third-order valence-corrected chi connectivity index (χ3v) is 3.90. The minimum absolute atomic E-state index is 0.0498. The molecule has 0 aliphatic heterocycles. The van der Waals surface area contributed by atoms with Crippen LogP contribution < -0.4 is 0 Å². The van der Waals surface area contributed by atoms with Crippen LogP contribution in [0.1, 0.15) is 52.4 Å². The maximum absolute atomic E-state index is 12.3. The third kappa shape index (κ3) is 4.31. The van der Waals surface area contributed by atoms with E-state index in [2.05, 4.69) is 6.92 Å². The molecule has 1 rings (SSSR count). The molecule has 0 spiro atoms. The standard InChI is InChI=1S/C14H25NO3/c1-3-9-15(10-13(16)17)14(18)12-7-5-11(4-2)6-8-12/h11-12H,3-10H2,1-2H3,(H,16,17). The lowest BCUT2D eigenvalue weighted by Crippen LogP contribution is -2.41. The molecule has 0 bridgehead atoms. The Balaban J connectivity index is 2.52. The second kappa shape index (κ2) is 7.39. The Hall–Kier alpha value is -1.06. The summed E-state index contributed by atoms with van der Waals surface area (Å²) in [5, 5.41) is 8.84. The Kier molecular flexibility index (Phi) is 6.16. The molecule has 1 aliphatic carbocycles. The fourth-order valence-corrected chi connectivity index (χ4v) is 2.78. The number of aliphatic carboxylic acids is 1. The molecule has 0 aromatic rings. The molecule has 0 saturated heterocycles. The zero-order valence-corrected chi connectivity index (χ0v) is 11.5. The van der Waals surface area contributed by atoms with Gasteiger partial charge in [-0.2, -0.15) is 0 Å². The molecule has 0 heterocycles. The maximum atomic E-state index is 12.3. The van der Waals surface area contributed by atoms with Gasteiger partial charge in [-0.3, -0.25) is 9.59 Å². The van der Waals surface area contributed by atoms with Gasteiger partial charge < -0.3 is 10.0 Å². The number of carboxylic acid groups (broad SMARTS) is 1. The van der Waals surface area contributed by atoms with Crippen molar-refractivity contribution in [2.45, 2.75) is 52.4 Å². The number of rotatable bonds is 6. The number of amides is 1. The highest BCUT2D eigenvalue weighted by molar-refractivity contribution is 5.83. The molecule has 18 heavy (non-hydrogen) atoms. The van der Waals surface area contributed by atoms with E-state index in [4.69, 9.17) is 5.11 Å². The van der Waals surface area contributed by atoms with Crippen LogP contribution in [0.2, 0.25) is 0 Å². The molecule has 0 atom stereocenters. The Labute approximate surface area is 109 Å². The molecule has 0 aromatic carbocycles. The summed E-state index contributed by atoms with van der Waals surface area (Å²) in [5.74, 6) is -0.0558. The minimum Gasteiger partial charge on any atom is -0.480 e. The first-order chi connectivity index (χ1) is 8.58. The first-order valence-corrected chi connectivity index (χ1v) is 7.09. The van der Waals surface area contributed by atoms with E-state index >= 15 is 0 Å². The van der Waals surface area contributed by atoms with Crippen molar-refractivity contribution in [3.8, 4) is 0 Å². The fraction of sp³-hybridized carbons (Fsp3) is 0.857. The minimum atomic E-state index is -0.918. The molecule has 1 amide bonds. The lowest BCUT2D eigenvalue weighted by molar-refractivity contribution is -0.147. The monoisotopic (exact) mass is 255 g/mol. The predicted octanol–water partition coefficient (Wildman–Crippen LogP) is 2.53. The number of carboxylic acids is 1. The van der Waals surface area contributed by atoms with Gasteiger partial charge in [0.25, 0.3) is 0 Å². The quantitative estimate of drug-likeness (QED) is 0.793. The van der Waals surface area contributed by atoms with Crippen molar-refractivity contribution in [3.63, 3.8) is 0 Å². The normalized spacial score (nSPS) is 23.7. The van der Waals surface area contributed by atoms with Gasteiger partial charge in [0, 0.05) is 12.5 Å². The maximum Gasteiger partial charge on any atom is 0.323 e. The Morgan fingerprint density at radius 1 is 1.17 bits per heavy atom. The number of nitrogens with zero attached hydrogens (tertiary/aromatic N) is 1. The van der Waals surface area contributed by atoms with Crippen LogP contribution in [0.25, 0.3) is 0 Å². The molecule has 0 radical (unpaired) electrons. The summed E-state index contributed by atoms with van der Waals surface area (Å²) in [4.78, 5) is 24.6. The van der Waals surface area contributed by atoms with Gasteiger partial charge in [0.05, 0.1) is 0 Å². The lowest BCUT2D eigenvalue weighted by Gasteiger charge is -2.31. The fourth-order valence-electron chi connectivity index (χ4n) is 2.78. The van der Waals surface area contributed by atoms with Crippen molar-refractivity contribution in [2.75, 3.05) is 13.1 Å². The van der Waals surface area contributed by atoms with Crippen molar-refractivity contribution >= 4 is 11.9 Å². The van der Waals surface area contributed by atoms with E-state index in [-0.39, 0.29) is 18.4 Å². The summed E-state index contributed by atoms with van der Waals surface area (Å²) in [6.07, 6.45) is 6.08. The third-order valence-electron chi connectivity index (χ3n) is 3.90. The summed E-state index contributed by atoms with van der Waals surface area (Å²) in [5.41, 5.74) is 0. The molecule has 4 heteroatoms. The van der Waals surface area contributed by atoms with Gasteiger partial charge in [-0.1, -0.05) is 20.3 Å². The van der Waals surface area contributed by atoms with Crippen LogP contribution in [0.3, 0.4) is 0 Å². The van der Waals surface area contributed by atoms with Crippen molar-refractivity contribution in [1.29, 1.82) is 0 Å². The predicted molar refractivity (Wildman–Crippen MR) is 70.2 cm³/mol. The highest BCUT2D eigenvalue weighted by Gasteiger charge is 2.29. The average molecular weight is 255 g/mol. The Morgan fingerprint density at radius 3 is 2.22 bits per heavy atom. The van der Waals surface area contributed by atoms with Gasteiger partial charge in [-0.25, -0.2) is 0 Å². The van der Waals surface area contributed by atoms with E-state index in [1.54, 1.807) is 0 Å². The number of carbonyl (C=O) groups is 2. The van der Waals surface area contributed by atoms with Crippen LogP contribution in [0.5, 0.6) is 0 Å². The van der Waals surface area contributed by atoms with Crippen LogP contribution in [0, 0.1) is 11.8 Å². The van der Waals surface area contributed by atoms with E-state index in [0.717, 1.165) is 38.0 Å². The average Bonchev–Trinajstić information content (AvgIpc) is 2.37. The lowest BCUT2D eigenvalue weighted by atomic mass is 9.80. The van der Waals surface area contributed by atoms with Crippen LogP contribution in [0.15, 0.2) is 0 Å². The largest absolute Gasteiger partial charge is 0.480 e. The number of hydrogen-bond acceptors (Lipinski definition) is 2. The summed E-state index contributed by atoms with van der Waals surface area (Å²) < 4.78 is 0. The van der Waals surface area contributed by atoms with Gasteiger partial charge in [0.15, 0.2) is 0 Å². The van der Waals surface area contributed by atoms with Crippen LogP contribution in [-0.4, -0.2) is 35.0 Å². The van der Waals surface area contributed by atoms with Crippen molar-refractivity contribution in [3.05, 3.63) is 0 Å². The second-order valence-electron chi connectivity index (χ2n) is 5.28. The Morgan fingerprint density at radius 2 is 1.78 bits per heavy atom. The summed E-state index contributed by atoms with van der Waals surface area (Å²) >= 11 is 0. The first kappa shape index (κ1) is 15.0. The van der Waals surface area contributed by atoms with Crippen LogP contribution in [-0.2, 0) is 9.59 Å². The molecule has 0 aromatic heterocycles. The molecule has 1 saturated carbocycles. The van der Waals surface area contributed by atoms with Crippen LogP contribution in [0.4, 0.5) is 0 Å². The molecule has 0 unspecified atom stereocenters. The van der Waals surface area contributed by atoms with Gasteiger partial charge in [0.2, 0.25) is 5.91 Å². The summed E-state index contributed by atoms with van der Waals surface area (Å²) in [6, 6.07) is 0. The number of carbonyl (C=O) groups excluding carboxylic acids is 1. The second-order valence-corrected chi connectivity index (χ2v) is 5.28. The van der Waals surface area contributed by atoms with Gasteiger partial charge in [-0.15, -0.1) is 0 Å². The van der Waals surface area contributed by atoms with Crippen molar-refractivity contribution in [1.82, 2.24) is 4.90 Å². The molecule has 1 fully saturated rings. The van der Waals surface area contributed by atoms with Gasteiger partial charge in [0.1, 0.15) is 6.54 Å².